The molecule has 0 radical (unpaired) electrons. The van der Waals surface area contributed by atoms with Crippen molar-refractivity contribution >= 4 is 22.4 Å². The zero-order valence-electron chi connectivity index (χ0n) is 11.8. The highest BCUT2D eigenvalue weighted by Gasteiger charge is 2.31. The van der Waals surface area contributed by atoms with Gasteiger partial charge in [0.25, 0.3) is 5.91 Å². The quantitative estimate of drug-likeness (QED) is 0.896. The molecule has 1 aromatic heterocycles. The third kappa shape index (κ3) is 4.03. The van der Waals surface area contributed by atoms with Gasteiger partial charge in [-0.15, -0.1) is 10.2 Å². The standard InChI is InChI=1S/C14H14F3N3OS/c1-2-3-4-9-5-6-10(14(15,16)17)7-11(9)12(21)19-13-20-18-8-22-13/h5-8H,2-4H2,1H3,(H,19,20,21). The fraction of sp³-hybridized carbons (Fsp3) is 0.357. The normalized spacial score (nSPS) is 11.5. The first-order valence-corrected chi connectivity index (χ1v) is 7.57. The second-order valence-corrected chi connectivity index (χ2v) is 5.50. The minimum absolute atomic E-state index is 0.0264. The Morgan fingerprint density at radius 1 is 1.36 bits per heavy atom. The van der Waals surface area contributed by atoms with Crippen LogP contribution in [0.15, 0.2) is 23.7 Å². The molecule has 118 valence electrons. The maximum absolute atomic E-state index is 12.8. The number of hydrogen-bond acceptors (Lipinski definition) is 4. The monoisotopic (exact) mass is 329 g/mol. The molecule has 1 aromatic carbocycles. The summed E-state index contributed by atoms with van der Waals surface area (Å²) in [6.07, 6.45) is -2.25. The van der Waals surface area contributed by atoms with E-state index in [0.717, 1.165) is 36.3 Å². The average molecular weight is 329 g/mol. The van der Waals surface area contributed by atoms with Crippen LogP contribution in [-0.2, 0) is 12.6 Å². The van der Waals surface area contributed by atoms with Crippen molar-refractivity contribution in [3.8, 4) is 0 Å². The lowest BCUT2D eigenvalue weighted by Crippen LogP contribution is -2.16. The van der Waals surface area contributed by atoms with Gasteiger partial charge in [-0.05, 0) is 30.5 Å². The molecule has 0 fully saturated rings. The van der Waals surface area contributed by atoms with Crippen LogP contribution in [-0.4, -0.2) is 16.1 Å². The second kappa shape index (κ2) is 6.87. The molecule has 4 nitrogen and oxygen atoms in total. The van der Waals surface area contributed by atoms with Crippen molar-refractivity contribution in [2.45, 2.75) is 32.4 Å². The second-order valence-electron chi connectivity index (χ2n) is 4.67. The smallest absolute Gasteiger partial charge is 0.296 e. The molecule has 0 saturated heterocycles. The topological polar surface area (TPSA) is 54.9 Å². The summed E-state index contributed by atoms with van der Waals surface area (Å²) in [6.45, 7) is 1.98. The number of unbranched alkanes of at least 4 members (excludes halogenated alkanes) is 1. The first kappa shape index (κ1) is 16.4. The zero-order valence-corrected chi connectivity index (χ0v) is 12.6. The Morgan fingerprint density at radius 2 is 2.14 bits per heavy atom. The molecular formula is C14H14F3N3OS. The van der Waals surface area contributed by atoms with Crippen LogP contribution in [0, 0.1) is 0 Å². The van der Waals surface area contributed by atoms with E-state index in [-0.39, 0.29) is 10.7 Å². The first-order valence-electron chi connectivity index (χ1n) is 6.69. The van der Waals surface area contributed by atoms with Gasteiger partial charge in [0, 0.05) is 5.56 Å². The van der Waals surface area contributed by atoms with Gasteiger partial charge < -0.3 is 0 Å². The molecule has 22 heavy (non-hydrogen) atoms. The van der Waals surface area contributed by atoms with Gasteiger partial charge in [-0.25, -0.2) is 0 Å². The number of amides is 1. The lowest BCUT2D eigenvalue weighted by molar-refractivity contribution is -0.137. The largest absolute Gasteiger partial charge is 0.416 e. The summed E-state index contributed by atoms with van der Waals surface area (Å²) in [5.74, 6) is -0.603. The molecular weight excluding hydrogens is 315 g/mol. The van der Waals surface area contributed by atoms with Crippen molar-refractivity contribution in [1.29, 1.82) is 0 Å². The van der Waals surface area contributed by atoms with Crippen LogP contribution in [0.3, 0.4) is 0 Å². The van der Waals surface area contributed by atoms with Crippen LogP contribution in [0.4, 0.5) is 18.3 Å². The van der Waals surface area contributed by atoms with Gasteiger partial charge in [0.2, 0.25) is 5.13 Å². The Labute approximate surface area is 129 Å². The first-order chi connectivity index (χ1) is 10.4. The minimum Gasteiger partial charge on any atom is -0.296 e. The summed E-state index contributed by atoms with van der Waals surface area (Å²) < 4.78 is 38.5. The summed E-state index contributed by atoms with van der Waals surface area (Å²) >= 11 is 1.10. The number of alkyl halides is 3. The Morgan fingerprint density at radius 3 is 2.73 bits per heavy atom. The number of aromatic nitrogens is 2. The highest BCUT2D eigenvalue weighted by Crippen LogP contribution is 2.31. The van der Waals surface area contributed by atoms with E-state index in [1.807, 2.05) is 6.92 Å². The highest BCUT2D eigenvalue weighted by atomic mass is 32.1. The molecule has 0 aliphatic rings. The van der Waals surface area contributed by atoms with Gasteiger partial charge in [0.15, 0.2) is 0 Å². The highest BCUT2D eigenvalue weighted by molar-refractivity contribution is 7.13. The summed E-state index contributed by atoms with van der Waals surface area (Å²) in [7, 11) is 0. The van der Waals surface area contributed by atoms with Crippen LogP contribution >= 0.6 is 11.3 Å². The molecule has 2 aromatic rings. The molecule has 1 amide bonds. The lowest BCUT2D eigenvalue weighted by Gasteiger charge is -2.13. The maximum atomic E-state index is 12.8. The number of halogens is 3. The molecule has 0 aliphatic carbocycles. The van der Waals surface area contributed by atoms with Crippen molar-refractivity contribution in [2.75, 3.05) is 5.32 Å². The number of carbonyl (C=O) groups excluding carboxylic acids is 1. The van der Waals surface area contributed by atoms with Gasteiger partial charge in [-0.1, -0.05) is 30.7 Å². The van der Waals surface area contributed by atoms with Crippen LogP contribution in [0.2, 0.25) is 0 Å². The summed E-state index contributed by atoms with van der Waals surface area (Å²) in [6, 6.07) is 3.27. The van der Waals surface area contributed by atoms with Crippen LogP contribution in [0.5, 0.6) is 0 Å². The Bertz CT molecular complexity index is 641. The molecule has 8 heteroatoms. The number of carbonyl (C=O) groups is 1. The average Bonchev–Trinajstić information content (AvgIpc) is 2.96. The number of benzene rings is 1. The van der Waals surface area contributed by atoms with E-state index < -0.39 is 17.6 Å². The predicted octanol–water partition coefficient (Wildman–Crippen LogP) is 4.15. The Kier molecular flexibility index (Phi) is 5.12. The van der Waals surface area contributed by atoms with Gasteiger partial charge in [-0.2, -0.15) is 13.2 Å². The molecule has 0 saturated carbocycles. The van der Waals surface area contributed by atoms with E-state index in [1.165, 1.54) is 11.6 Å². The number of rotatable bonds is 5. The SMILES string of the molecule is CCCCc1ccc(C(F)(F)F)cc1C(=O)Nc1nncs1. The Balaban J connectivity index is 2.33. The molecule has 0 bridgehead atoms. The summed E-state index contributed by atoms with van der Waals surface area (Å²) in [5.41, 5.74) is 1.21. The summed E-state index contributed by atoms with van der Waals surface area (Å²) in [4.78, 5) is 12.2. The van der Waals surface area contributed by atoms with E-state index in [0.29, 0.717) is 12.0 Å². The molecule has 0 unspecified atom stereocenters. The van der Waals surface area contributed by atoms with Gasteiger partial charge in [0.05, 0.1) is 5.56 Å². The van der Waals surface area contributed by atoms with E-state index in [4.69, 9.17) is 0 Å². The van der Waals surface area contributed by atoms with Crippen LogP contribution in [0.25, 0.3) is 0 Å². The maximum Gasteiger partial charge on any atom is 0.416 e. The van der Waals surface area contributed by atoms with Gasteiger partial charge in [-0.3, -0.25) is 10.1 Å². The Hall–Kier alpha value is -1.96. The van der Waals surface area contributed by atoms with E-state index in [9.17, 15) is 18.0 Å². The van der Waals surface area contributed by atoms with E-state index in [1.54, 1.807) is 0 Å². The van der Waals surface area contributed by atoms with Crippen LogP contribution < -0.4 is 5.32 Å². The third-order valence-electron chi connectivity index (χ3n) is 3.06. The van der Waals surface area contributed by atoms with Crippen molar-refractivity contribution in [1.82, 2.24) is 10.2 Å². The molecule has 0 aliphatic heterocycles. The number of aryl methyl sites for hydroxylation is 1. The predicted molar refractivity (Wildman–Crippen MR) is 77.9 cm³/mol. The van der Waals surface area contributed by atoms with Crippen molar-refractivity contribution in [2.24, 2.45) is 0 Å². The van der Waals surface area contributed by atoms with Crippen molar-refractivity contribution in [3.05, 3.63) is 40.4 Å². The molecule has 2 rings (SSSR count). The molecule has 1 N–H and O–H groups in total. The number of hydrogen-bond donors (Lipinski definition) is 1. The number of nitrogens with zero attached hydrogens (tertiary/aromatic N) is 2. The van der Waals surface area contributed by atoms with Crippen molar-refractivity contribution in [3.63, 3.8) is 0 Å². The zero-order chi connectivity index (χ0) is 16.2. The minimum atomic E-state index is -4.49. The van der Waals surface area contributed by atoms with Crippen molar-refractivity contribution < 1.29 is 18.0 Å². The molecule has 1 heterocycles. The lowest BCUT2D eigenvalue weighted by atomic mass is 9.98. The van der Waals surface area contributed by atoms with E-state index >= 15 is 0 Å². The molecule has 0 atom stereocenters. The number of nitrogens with one attached hydrogen (secondary N) is 1. The van der Waals surface area contributed by atoms with E-state index in [2.05, 4.69) is 15.5 Å². The fourth-order valence-corrected chi connectivity index (χ4v) is 2.38. The molecule has 0 spiro atoms. The number of anilines is 1. The summed E-state index contributed by atoms with van der Waals surface area (Å²) in [5, 5.41) is 9.96. The third-order valence-corrected chi connectivity index (χ3v) is 3.67. The fourth-order valence-electron chi connectivity index (χ4n) is 1.94. The van der Waals surface area contributed by atoms with Gasteiger partial charge >= 0.3 is 6.18 Å². The van der Waals surface area contributed by atoms with Gasteiger partial charge in [0.1, 0.15) is 5.51 Å². The van der Waals surface area contributed by atoms with Crippen LogP contribution in [0.1, 0.15) is 41.3 Å².